The van der Waals surface area contributed by atoms with Crippen LogP contribution >= 0.6 is 35.1 Å². The predicted octanol–water partition coefficient (Wildman–Crippen LogP) is 7.46. The second-order valence-corrected chi connectivity index (χ2v) is 9.86. The summed E-state index contributed by atoms with van der Waals surface area (Å²) in [6.07, 6.45) is 3.77. The van der Waals surface area contributed by atoms with Gasteiger partial charge in [0.25, 0.3) is 0 Å². The maximum Gasteiger partial charge on any atom is 0.233 e. The third-order valence-corrected chi connectivity index (χ3v) is 6.74. The average molecular weight is 523 g/mol. The largest absolute Gasteiger partial charge is 0.489 e. The maximum atomic E-state index is 9.65. The van der Waals surface area contributed by atoms with Gasteiger partial charge in [0, 0.05) is 23.3 Å². The number of halogens is 2. The van der Waals surface area contributed by atoms with Gasteiger partial charge in [-0.25, -0.2) is 9.97 Å². The Labute approximate surface area is 219 Å². The molecule has 0 atom stereocenters. The van der Waals surface area contributed by atoms with Gasteiger partial charge in [-0.1, -0.05) is 67.7 Å². The van der Waals surface area contributed by atoms with E-state index in [0.29, 0.717) is 28.2 Å². The summed E-state index contributed by atoms with van der Waals surface area (Å²) < 4.78 is 8.65. The Morgan fingerprint density at radius 3 is 2.49 bits per heavy atom. The summed E-state index contributed by atoms with van der Waals surface area (Å²) in [5.74, 6) is 1.30. The Hall–Kier alpha value is -2.98. The molecule has 0 aliphatic heterocycles. The molecule has 0 radical (unpaired) electrons. The summed E-state index contributed by atoms with van der Waals surface area (Å²) in [5.41, 5.74) is 5.13. The molecule has 0 bridgehead atoms. The molecule has 5 nitrogen and oxygen atoms in total. The van der Waals surface area contributed by atoms with E-state index in [1.807, 2.05) is 30.7 Å². The van der Waals surface area contributed by atoms with E-state index in [2.05, 4.69) is 71.0 Å². The molecule has 1 aromatic heterocycles. The van der Waals surface area contributed by atoms with Crippen LogP contribution in [0.2, 0.25) is 5.02 Å². The third kappa shape index (κ3) is 5.33. The van der Waals surface area contributed by atoms with Crippen LogP contribution in [0, 0.1) is 11.3 Å². The summed E-state index contributed by atoms with van der Waals surface area (Å²) in [4.78, 5) is 8.89. The van der Waals surface area contributed by atoms with Gasteiger partial charge in [0.05, 0.1) is 22.0 Å². The molecule has 0 fully saturated rings. The van der Waals surface area contributed by atoms with Crippen molar-refractivity contribution < 1.29 is 4.74 Å². The number of hydrogen-bond donors (Lipinski definition) is 1. The zero-order chi connectivity index (χ0) is 25.0. The Morgan fingerprint density at radius 2 is 1.80 bits per heavy atom. The van der Waals surface area contributed by atoms with E-state index < -0.39 is 0 Å². The van der Waals surface area contributed by atoms with Crippen molar-refractivity contribution in [3.63, 3.8) is 0 Å². The fourth-order valence-corrected chi connectivity index (χ4v) is 4.56. The van der Waals surface area contributed by atoms with Crippen molar-refractivity contribution in [2.24, 2.45) is 0 Å². The zero-order valence-electron chi connectivity index (χ0n) is 19.6. The first kappa shape index (κ1) is 25.1. The molecular formula is C27H24Cl2N4OS. The monoisotopic (exact) mass is 522 g/mol. The van der Waals surface area contributed by atoms with Crippen LogP contribution in [0.15, 0.2) is 60.8 Å². The molecule has 8 heteroatoms. The highest BCUT2D eigenvalue weighted by atomic mass is 35.5. The molecule has 35 heavy (non-hydrogen) atoms. The van der Waals surface area contributed by atoms with Crippen LogP contribution in [0.5, 0.6) is 5.75 Å². The molecular weight excluding hydrogens is 499 g/mol. The second kappa shape index (κ2) is 10.7. The fourth-order valence-electron chi connectivity index (χ4n) is 3.92. The summed E-state index contributed by atoms with van der Waals surface area (Å²) in [6.45, 7) is 4.51. The minimum Gasteiger partial charge on any atom is -0.489 e. The molecule has 0 spiro atoms. The lowest BCUT2D eigenvalue weighted by molar-refractivity contribution is 0.341. The number of nitrogens with one attached hydrogen (secondary N) is 1. The first-order valence-corrected chi connectivity index (χ1v) is 13.1. The van der Waals surface area contributed by atoms with E-state index in [4.69, 9.17) is 27.9 Å². The molecule has 1 heterocycles. The van der Waals surface area contributed by atoms with Gasteiger partial charge in [0.15, 0.2) is 5.75 Å². The Bertz CT molecular complexity index is 1400. The van der Waals surface area contributed by atoms with Crippen LogP contribution in [0.25, 0.3) is 22.0 Å². The van der Waals surface area contributed by atoms with Crippen molar-refractivity contribution in [1.82, 2.24) is 9.97 Å². The molecule has 4 aromatic rings. The van der Waals surface area contributed by atoms with Gasteiger partial charge in [-0.3, -0.25) is 4.72 Å². The van der Waals surface area contributed by atoms with E-state index in [1.54, 1.807) is 0 Å². The third-order valence-electron chi connectivity index (χ3n) is 5.92. The number of nitrogens with zero attached hydrogens (tertiary/aromatic N) is 3. The van der Waals surface area contributed by atoms with Crippen molar-refractivity contribution in [2.75, 3.05) is 23.5 Å². The average Bonchev–Trinajstić information content (AvgIpc) is 2.87. The first-order valence-electron chi connectivity index (χ1n) is 11.0. The lowest BCUT2D eigenvalue weighted by Crippen LogP contribution is -2.19. The highest BCUT2D eigenvalue weighted by Crippen LogP contribution is 2.39. The molecule has 1 N–H and O–H groups in total. The van der Waals surface area contributed by atoms with Crippen LogP contribution in [0.4, 0.5) is 5.95 Å². The fraction of sp³-hybridized carbons (Fsp3) is 0.222. The van der Waals surface area contributed by atoms with E-state index in [9.17, 15) is 5.26 Å². The summed E-state index contributed by atoms with van der Waals surface area (Å²) in [5, 5.41) is 11.0. The normalized spacial score (nSPS) is 11.3. The maximum absolute atomic E-state index is 9.65. The molecule has 178 valence electrons. The van der Waals surface area contributed by atoms with Gasteiger partial charge in [-0.15, -0.1) is 11.6 Å². The minimum atomic E-state index is -0.378. The topological polar surface area (TPSA) is 70.8 Å². The van der Waals surface area contributed by atoms with Crippen molar-refractivity contribution in [2.45, 2.75) is 19.3 Å². The number of rotatable bonds is 8. The van der Waals surface area contributed by atoms with Crippen LogP contribution in [-0.2, 0) is 5.41 Å². The van der Waals surface area contributed by atoms with E-state index in [-0.39, 0.29) is 12.0 Å². The highest BCUT2D eigenvalue weighted by Gasteiger charge is 2.26. The Kier molecular flexibility index (Phi) is 7.71. The molecule has 0 amide bonds. The van der Waals surface area contributed by atoms with Crippen molar-refractivity contribution in [3.05, 3.63) is 82.5 Å². The number of fused-ring (bicyclic) bond motifs is 1. The summed E-state index contributed by atoms with van der Waals surface area (Å²) >= 11 is 13.7. The number of ether oxygens (including phenoxy) is 1. The Morgan fingerprint density at radius 1 is 1.06 bits per heavy atom. The Balaban J connectivity index is 1.63. The van der Waals surface area contributed by atoms with Gasteiger partial charge in [-0.2, -0.15) is 5.26 Å². The molecule has 4 rings (SSSR count). The standard InChI is InChI=1S/C27H24Cl2N4OS/c1-27(2,22-13-19(15-30)25(23(29)14-22)34-11-10-28)21-7-4-17(5-8-21)18-6-9-24-20(12-18)16-31-26(32-24)33-35-3/h4-9,12-14,16H,10-11H2,1-3H3,(H,31,32,33). The van der Waals surface area contributed by atoms with E-state index in [1.165, 1.54) is 11.9 Å². The number of benzene rings is 3. The number of anilines is 1. The van der Waals surface area contributed by atoms with Crippen molar-refractivity contribution in [3.8, 4) is 22.9 Å². The van der Waals surface area contributed by atoms with Gasteiger partial charge in [-0.05, 0) is 46.5 Å². The van der Waals surface area contributed by atoms with E-state index >= 15 is 0 Å². The number of nitriles is 1. The van der Waals surface area contributed by atoms with Gasteiger partial charge in [0.2, 0.25) is 5.95 Å². The first-order chi connectivity index (χ1) is 16.9. The highest BCUT2D eigenvalue weighted by molar-refractivity contribution is 7.99. The quantitative estimate of drug-likeness (QED) is 0.191. The smallest absolute Gasteiger partial charge is 0.233 e. The predicted molar refractivity (Wildman–Crippen MR) is 147 cm³/mol. The lowest BCUT2D eigenvalue weighted by Gasteiger charge is -2.27. The summed E-state index contributed by atoms with van der Waals surface area (Å²) in [7, 11) is 0. The molecule has 3 aromatic carbocycles. The van der Waals surface area contributed by atoms with E-state index in [0.717, 1.165) is 33.2 Å². The second-order valence-electron chi connectivity index (χ2n) is 8.46. The minimum absolute atomic E-state index is 0.289. The zero-order valence-corrected chi connectivity index (χ0v) is 21.9. The summed E-state index contributed by atoms with van der Waals surface area (Å²) in [6, 6.07) is 20.5. The lowest BCUT2D eigenvalue weighted by atomic mass is 9.77. The number of alkyl halides is 1. The van der Waals surface area contributed by atoms with Crippen LogP contribution in [-0.4, -0.2) is 28.7 Å². The van der Waals surface area contributed by atoms with Crippen molar-refractivity contribution in [1.29, 1.82) is 5.26 Å². The van der Waals surface area contributed by atoms with Gasteiger partial charge >= 0.3 is 0 Å². The van der Waals surface area contributed by atoms with Crippen molar-refractivity contribution >= 4 is 52.0 Å². The van der Waals surface area contributed by atoms with Crippen LogP contribution < -0.4 is 9.46 Å². The SMILES string of the molecule is CSNc1ncc2cc(-c3ccc(C(C)(C)c4cc(Cl)c(OCCCl)c(C#N)c4)cc3)ccc2n1. The molecule has 0 saturated heterocycles. The number of hydrogen-bond acceptors (Lipinski definition) is 6. The van der Waals surface area contributed by atoms with Crippen LogP contribution in [0.3, 0.4) is 0 Å². The van der Waals surface area contributed by atoms with Gasteiger partial charge in [0.1, 0.15) is 12.7 Å². The van der Waals surface area contributed by atoms with Crippen LogP contribution in [0.1, 0.15) is 30.5 Å². The molecule has 0 unspecified atom stereocenters. The molecule has 0 saturated carbocycles. The number of aromatic nitrogens is 2. The molecule has 0 aliphatic rings. The molecule has 0 aliphatic carbocycles. The van der Waals surface area contributed by atoms with Gasteiger partial charge < -0.3 is 4.74 Å².